The summed E-state index contributed by atoms with van der Waals surface area (Å²) in [5.74, 6) is 0.660. The normalized spacial score (nSPS) is 14.3. The third-order valence-corrected chi connectivity index (χ3v) is 4.33. The zero-order chi connectivity index (χ0) is 15.1. The molecule has 1 atom stereocenters. The molecule has 0 aliphatic heterocycles. The lowest BCUT2D eigenvalue weighted by Gasteiger charge is -2.27. The lowest BCUT2D eigenvalue weighted by molar-refractivity contribution is -0.146. The van der Waals surface area contributed by atoms with Crippen molar-refractivity contribution in [2.75, 3.05) is 6.61 Å². The van der Waals surface area contributed by atoms with Gasteiger partial charge in [-0.15, -0.1) is 0 Å². The van der Waals surface area contributed by atoms with Crippen molar-refractivity contribution in [2.24, 2.45) is 16.7 Å². The summed E-state index contributed by atoms with van der Waals surface area (Å²) in [5.41, 5.74) is 0.474. The highest BCUT2D eigenvalue weighted by Gasteiger charge is 2.20. The van der Waals surface area contributed by atoms with E-state index >= 15 is 0 Å². The van der Waals surface area contributed by atoms with Crippen molar-refractivity contribution in [3.8, 4) is 0 Å². The molecule has 2 nitrogen and oxygen atoms in total. The van der Waals surface area contributed by atoms with Crippen LogP contribution in [0.2, 0.25) is 0 Å². The van der Waals surface area contributed by atoms with Crippen LogP contribution in [0.25, 0.3) is 0 Å². The van der Waals surface area contributed by atoms with Crippen molar-refractivity contribution in [2.45, 2.75) is 80.6 Å². The van der Waals surface area contributed by atoms with E-state index in [1.165, 1.54) is 6.42 Å². The molecule has 0 rings (SSSR count). The minimum Gasteiger partial charge on any atom is -0.465 e. The Morgan fingerprint density at radius 2 is 1.68 bits per heavy atom. The van der Waals surface area contributed by atoms with E-state index in [4.69, 9.17) is 4.74 Å². The third-order valence-electron chi connectivity index (χ3n) is 4.33. The summed E-state index contributed by atoms with van der Waals surface area (Å²) in [5, 5.41) is 0. The van der Waals surface area contributed by atoms with Gasteiger partial charge in [-0.05, 0) is 29.6 Å². The fourth-order valence-electron chi connectivity index (χ4n) is 1.60. The summed E-state index contributed by atoms with van der Waals surface area (Å²) in [6.45, 7) is 16.1. The molecule has 0 aromatic rings. The minimum absolute atomic E-state index is 0.0371. The van der Waals surface area contributed by atoms with E-state index in [1.54, 1.807) is 0 Å². The van der Waals surface area contributed by atoms with Crippen LogP contribution >= 0.6 is 0 Å². The van der Waals surface area contributed by atoms with Crippen molar-refractivity contribution < 1.29 is 9.53 Å². The molecule has 0 amide bonds. The summed E-state index contributed by atoms with van der Waals surface area (Å²) >= 11 is 0. The summed E-state index contributed by atoms with van der Waals surface area (Å²) in [6.07, 6.45) is 4.85. The molecule has 0 aromatic carbocycles. The topological polar surface area (TPSA) is 26.3 Å². The SMILES string of the molecule is CCC(C)(C)COC(=O)CCCCC(C)C(C)(C)C. The second-order valence-electron chi connectivity index (χ2n) is 7.69. The van der Waals surface area contributed by atoms with Crippen LogP contribution in [0.1, 0.15) is 80.6 Å². The van der Waals surface area contributed by atoms with Gasteiger partial charge >= 0.3 is 5.97 Å². The van der Waals surface area contributed by atoms with Gasteiger partial charge in [0.05, 0.1) is 6.61 Å². The summed E-state index contributed by atoms with van der Waals surface area (Å²) in [7, 11) is 0. The van der Waals surface area contributed by atoms with Crippen LogP contribution in [0, 0.1) is 16.7 Å². The Morgan fingerprint density at radius 1 is 1.11 bits per heavy atom. The predicted octanol–water partition coefficient (Wildman–Crippen LogP) is 5.21. The van der Waals surface area contributed by atoms with Crippen LogP contribution in [-0.2, 0) is 9.53 Å². The number of carbonyl (C=O) groups is 1. The predicted molar refractivity (Wildman–Crippen MR) is 82.1 cm³/mol. The fraction of sp³-hybridized carbons (Fsp3) is 0.941. The average molecular weight is 270 g/mol. The van der Waals surface area contributed by atoms with Crippen molar-refractivity contribution in [1.29, 1.82) is 0 Å². The summed E-state index contributed by atoms with van der Waals surface area (Å²) in [4.78, 5) is 11.6. The molecule has 0 saturated heterocycles. The van der Waals surface area contributed by atoms with Crippen molar-refractivity contribution in [1.82, 2.24) is 0 Å². The zero-order valence-electron chi connectivity index (χ0n) is 14.1. The Bertz CT molecular complexity index is 261. The van der Waals surface area contributed by atoms with Crippen LogP contribution in [0.3, 0.4) is 0 Å². The Balaban J connectivity index is 3.71. The van der Waals surface area contributed by atoms with E-state index in [1.807, 2.05) is 0 Å². The molecule has 19 heavy (non-hydrogen) atoms. The lowest BCUT2D eigenvalue weighted by Crippen LogP contribution is -2.21. The van der Waals surface area contributed by atoms with Gasteiger partial charge in [0.15, 0.2) is 0 Å². The monoisotopic (exact) mass is 270 g/mol. The molecule has 0 radical (unpaired) electrons. The first kappa shape index (κ1) is 18.5. The Morgan fingerprint density at radius 3 is 2.16 bits per heavy atom. The highest BCUT2D eigenvalue weighted by molar-refractivity contribution is 5.69. The molecule has 0 heterocycles. The number of ether oxygens (including phenoxy) is 1. The van der Waals surface area contributed by atoms with Gasteiger partial charge in [-0.1, -0.05) is 61.3 Å². The van der Waals surface area contributed by atoms with Crippen molar-refractivity contribution in [3.05, 3.63) is 0 Å². The number of hydrogen-bond donors (Lipinski definition) is 0. The molecule has 0 aromatic heterocycles. The number of carbonyl (C=O) groups excluding carboxylic acids is 1. The molecular weight excluding hydrogens is 236 g/mol. The molecule has 0 aliphatic carbocycles. The molecule has 1 unspecified atom stereocenters. The first-order chi connectivity index (χ1) is 8.58. The van der Waals surface area contributed by atoms with Crippen LogP contribution in [0.5, 0.6) is 0 Å². The second-order valence-corrected chi connectivity index (χ2v) is 7.69. The molecule has 0 aliphatic rings. The van der Waals surface area contributed by atoms with Gasteiger partial charge in [-0.25, -0.2) is 0 Å². The molecule has 0 fully saturated rings. The molecule has 114 valence electrons. The number of hydrogen-bond acceptors (Lipinski definition) is 2. The van der Waals surface area contributed by atoms with E-state index in [0.717, 1.165) is 19.3 Å². The quantitative estimate of drug-likeness (QED) is 0.447. The lowest BCUT2D eigenvalue weighted by atomic mass is 9.79. The Hall–Kier alpha value is -0.530. The third kappa shape index (κ3) is 9.07. The smallest absolute Gasteiger partial charge is 0.305 e. The van der Waals surface area contributed by atoms with Gasteiger partial charge in [-0.2, -0.15) is 0 Å². The largest absolute Gasteiger partial charge is 0.465 e. The van der Waals surface area contributed by atoms with Gasteiger partial charge in [0, 0.05) is 6.42 Å². The minimum atomic E-state index is -0.0371. The fourth-order valence-corrected chi connectivity index (χ4v) is 1.60. The molecule has 2 heteroatoms. The van der Waals surface area contributed by atoms with Gasteiger partial charge in [-0.3, -0.25) is 4.79 Å². The van der Waals surface area contributed by atoms with E-state index in [2.05, 4.69) is 48.5 Å². The molecule has 0 bridgehead atoms. The highest BCUT2D eigenvalue weighted by atomic mass is 16.5. The highest BCUT2D eigenvalue weighted by Crippen LogP contribution is 2.29. The van der Waals surface area contributed by atoms with Gasteiger partial charge < -0.3 is 4.74 Å². The van der Waals surface area contributed by atoms with Crippen molar-refractivity contribution >= 4 is 5.97 Å². The van der Waals surface area contributed by atoms with Crippen LogP contribution in [0.15, 0.2) is 0 Å². The summed E-state index contributed by atoms with van der Waals surface area (Å²) < 4.78 is 5.33. The van der Waals surface area contributed by atoms with Crippen LogP contribution in [0.4, 0.5) is 0 Å². The van der Waals surface area contributed by atoms with Crippen LogP contribution < -0.4 is 0 Å². The van der Waals surface area contributed by atoms with E-state index in [9.17, 15) is 4.79 Å². The zero-order valence-corrected chi connectivity index (χ0v) is 14.1. The number of rotatable bonds is 8. The van der Waals surface area contributed by atoms with Gasteiger partial charge in [0.25, 0.3) is 0 Å². The van der Waals surface area contributed by atoms with Gasteiger partial charge in [0.1, 0.15) is 0 Å². The first-order valence-corrected chi connectivity index (χ1v) is 7.74. The molecular formula is C17H34O2. The van der Waals surface area contributed by atoms with E-state index < -0.39 is 0 Å². The molecule has 0 N–H and O–H groups in total. The van der Waals surface area contributed by atoms with Crippen LogP contribution in [-0.4, -0.2) is 12.6 Å². The van der Waals surface area contributed by atoms with Gasteiger partial charge in [0.2, 0.25) is 0 Å². The maximum Gasteiger partial charge on any atom is 0.305 e. The van der Waals surface area contributed by atoms with E-state index in [-0.39, 0.29) is 11.4 Å². The maximum absolute atomic E-state index is 11.6. The number of esters is 1. The summed E-state index contributed by atoms with van der Waals surface area (Å²) in [6, 6.07) is 0. The Kier molecular flexibility index (Phi) is 7.69. The van der Waals surface area contributed by atoms with Crippen molar-refractivity contribution in [3.63, 3.8) is 0 Å². The molecule has 0 saturated carbocycles. The first-order valence-electron chi connectivity index (χ1n) is 7.74. The standard InChI is InChI=1S/C17H34O2/c1-8-17(6,7)13-19-15(18)12-10-9-11-14(2)16(3,4)5/h14H,8-13H2,1-7H3. The second kappa shape index (κ2) is 7.91. The van der Waals surface area contributed by atoms with E-state index in [0.29, 0.717) is 24.4 Å². The maximum atomic E-state index is 11.6. The Labute approximate surface area is 120 Å². The number of unbranched alkanes of at least 4 members (excludes halogenated alkanes) is 1. The average Bonchev–Trinajstić information content (AvgIpc) is 2.30. The molecule has 0 spiro atoms.